The number of hydrazone groups is 1. The quantitative estimate of drug-likeness (QED) is 0.502. The molecule has 0 bridgehead atoms. The number of amides is 2. The highest BCUT2D eigenvalue weighted by Gasteiger charge is 2.07. The van der Waals surface area contributed by atoms with Gasteiger partial charge in [-0.2, -0.15) is 5.10 Å². The Hall–Kier alpha value is -3.25. The van der Waals surface area contributed by atoms with E-state index in [0.717, 1.165) is 5.56 Å². The van der Waals surface area contributed by atoms with Gasteiger partial charge in [0, 0.05) is 11.3 Å². The van der Waals surface area contributed by atoms with Crippen molar-refractivity contribution in [2.45, 2.75) is 0 Å². The van der Waals surface area contributed by atoms with Gasteiger partial charge in [-0.25, -0.2) is 10.2 Å². The second-order valence-corrected chi connectivity index (χ2v) is 5.65. The molecule has 0 saturated heterocycles. The lowest BCUT2D eigenvalue weighted by Crippen LogP contribution is -2.24. The van der Waals surface area contributed by atoms with Crippen LogP contribution in [0.5, 0.6) is 5.75 Å². The Balaban J connectivity index is 1.60. The van der Waals surface area contributed by atoms with E-state index in [-0.39, 0.29) is 0 Å². The molecule has 0 aliphatic heterocycles. The largest absolute Gasteiger partial charge is 0.495 e. The maximum absolute atomic E-state index is 11.7. The summed E-state index contributed by atoms with van der Waals surface area (Å²) in [5, 5.41) is 7.01. The van der Waals surface area contributed by atoms with Crippen molar-refractivity contribution in [1.82, 2.24) is 5.43 Å². The molecule has 2 amide bonds. The number of nitrogens with one attached hydrogen (secondary N) is 2. The summed E-state index contributed by atoms with van der Waals surface area (Å²) < 4.78 is 10.8. The number of carbonyl (C=O) groups excluding carboxylic acids is 1. The minimum atomic E-state index is -0.443. The molecule has 0 radical (unpaired) electrons. The van der Waals surface area contributed by atoms with Crippen molar-refractivity contribution in [2.24, 2.45) is 5.10 Å². The van der Waals surface area contributed by atoms with Crippen LogP contribution in [0.15, 0.2) is 70.2 Å². The number of urea groups is 1. The average Bonchev–Trinajstić information content (AvgIpc) is 3.11. The van der Waals surface area contributed by atoms with Gasteiger partial charge in [0.15, 0.2) is 0 Å². The van der Waals surface area contributed by atoms with E-state index >= 15 is 0 Å². The second-order valence-electron chi connectivity index (χ2n) is 5.24. The third-order valence-corrected chi connectivity index (χ3v) is 3.75. The lowest BCUT2D eigenvalue weighted by Gasteiger charge is -2.04. The molecule has 26 heavy (non-hydrogen) atoms. The van der Waals surface area contributed by atoms with Gasteiger partial charge in [0.1, 0.15) is 17.3 Å². The van der Waals surface area contributed by atoms with Crippen molar-refractivity contribution in [3.8, 4) is 17.1 Å². The molecule has 0 unspecified atom stereocenters. The normalized spacial score (nSPS) is 10.7. The summed E-state index contributed by atoms with van der Waals surface area (Å²) in [6.45, 7) is 0. The van der Waals surface area contributed by atoms with Crippen LogP contribution < -0.4 is 15.5 Å². The zero-order valence-electron chi connectivity index (χ0n) is 13.9. The van der Waals surface area contributed by atoms with Gasteiger partial charge in [0.25, 0.3) is 0 Å². The summed E-state index contributed by atoms with van der Waals surface area (Å²) in [6, 6.07) is 17.5. The number of halogens is 1. The number of para-hydroxylation sites is 1. The lowest BCUT2D eigenvalue weighted by molar-refractivity contribution is 0.252. The number of hydrogen-bond acceptors (Lipinski definition) is 4. The van der Waals surface area contributed by atoms with Crippen LogP contribution in [0.25, 0.3) is 11.3 Å². The monoisotopic (exact) mass is 369 g/mol. The zero-order valence-corrected chi connectivity index (χ0v) is 14.7. The Labute approximate surface area is 155 Å². The molecule has 6 nitrogen and oxygen atoms in total. The standard InChI is InChI=1S/C19H16ClN3O3/c1-25-18-9-7-13(11-16(18)20)17-10-8-15(26-17)12-21-23-19(24)22-14-5-3-2-4-6-14/h2-12H,1H3,(H2,22,23,24)/b21-12-. The van der Waals surface area contributed by atoms with Gasteiger partial charge < -0.3 is 14.5 Å². The summed E-state index contributed by atoms with van der Waals surface area (Å²) in [4.78, 5) is 11.7. The number of furan rings is 1. The highest BCUT2D eigenvalue weighted by atomic mass is 35.5. The first kappa shape index (κ1) is 17.6. The van der Waals surface area contributed by atoms with Crippen LogP contribution in [0.3, 0.4) is 0 Å². The molecular weight excluding hydrogens is 354 g/mol. The van der Waals surface area contributed by atoms with Gasteiger partial charge in [-0.15, -0.1) is 0 Å². The van der Waals surface area contributed by atoms with Crippen LogP contribution in [-0.2, 0) is 0 Å². The summed E-state index contributed by atoms with van der Waals surface area (Å²) in [5.74, 6) is 1.72. The van der Waals surface area contributed by atoms with Crippen molar-refractivity contribution in [3.63, 3.8) is 0 Å². The molecule has 1 heterocycles. The van der Waals surface area contributed by atoms with Crippen LogP contribution in [0.4, 0.5) is 10.5 Å². The first-order chi connectivity index (χ1) is 12.7. The molecule has 7 heteroatoms. The Kier molecular flexibility index (Phi) is 5.56. The number of rotatable bonds is 5. The zero-order chi connectivity index (χ0) is 18.4. The number of benzene rings is 2. The minimum absolute atomic E-state index is 0.443. The molecule has 0 saturated carbocycles. The SMILES string of the molecule is COc1ccc(-c2ccc(/C=N\NC(=O)Nc3ccccc3)o2)cc1Cl. The number of anilines is 1. The van der Waals surface area contributed by atoms with E-state index in [0.29, 0.717) is 28.0 Å². The second kappa shape index (κ2) is 8.22. The van der Waals surface area contributed by atoms with Gasteiger partial charge in [-0.3, -0.25) is 0 Å². The van der Waals surface area contributed by atoms with Gasteiger partial charge in [0.2, 0.25) is 0 Å². The Morgan fingerprint density at radius 2 is 1.96 bits per heavy atom. The van der Waals surface area contributed by atoms with Crippen molar-refractivity contribution in [3.05, 3.63) is 71.4 Å². The number of hydrogen-bond donors (Lipinski definition) is 2. The van der Waals surface area contributed by atoms with Gasteiger partial charge in [-0.05, 0) is 42.5 Å². The van der Waals surface area contributed by atoms with Crippen molar-refractivity contribution in [1.29, 1.82) is 0 Å². The fourth-order valence-electron chi connectivity index (χ4n) is 2.23. The highest BCUT2D eigenvalue weighted by Crippen LogP contribution is 2.30. The Morgan fingerprint density at radius 1 is 1.15 bits per heavy atom. The molecule has 2 N–H and O–H groups in total. The molecule has 132 valence electrons. The predicted octanol–water partition coefficient (Wildman–Crippen LogP) is 4.76. The number of carbonyl (C=O) groups is 1. The molecule has 0 aliphatic rings. The molecule has 0 atom stereocenters. The summed E-state index contributed by atoms with van der Waals surface area (Å²) in [6.07, 6.45) is 1.42. The highest BCUT2D eigenvalue weighted by molar-refractivity contribution is 6.32. The smallest absolute Gasteiger partial charge is 0.339 e. The van der Waals surface area contributed by atoms with Crippen LogP contribution in [0.1, 0.15) is 5.76 Å². The molecule has 0 aliphatic carbocycles. The lowest BCUT2D eigenvalue weighted by atomic mass is 10.2. The van der Waals surface area contributed by atoms with Gasteiger partial charge >= 0.3 is 6.03 Å². The van der Waals surface area contributed by atoms with E-state index in [4.69, 9.17) is 20.8 Å². The predicted molar refractivity (Wildman–Crippen MR) is 102 cm³/mol. The maximum Gasteiger partial charge on any atom is 0.339 e. The van der Waals surface area contributed by atoms with Crippen LogP contribution in [-0.4, -0.2) is 19.4 Å². The third kappa shape index (κ3) is 4.43. The fourth-order valence-corrected chi connectivity index (χ4v) is 2.49. The summed E-state index contributed by atoms with van der Waals surface area (Å²) in [7, 11) is 1.56. The van der Waals surface area contributed by atoms with Crippen molar-refractivity contribution in [2.75, 3.05) is 12.4 Å². The van der Waals surface area contributed by atoms with Gasteiger partial charge in [-0.1, -0.05) is 29.8 Å². The van der Waals surface area contributed by atoms with E-state index in [2.05, 4.69) is 15.8 Å². The number of nitrogens with zero attached hydrogens (tertiary/aromatic N) is 1. The third-order valence-electron chi connectivity index (χ3n) is 3.45. The van der Waals surface area contributed by atoms with Gasteiger partial charge in [0.05, 0.1) is 18.3 Å². The number of methoxy groups -OCH3 is 1. The van der Waals surface area contributed by atoms with Crippen molar-refractivity contribution < 1.29 is 13.9 Å². The molecule has 0 fully saturated rings. The average molecular weight is 370 g/mol. The first-order valence-corrected chi connectivity index (χ1v) is 8.12. The molecule has 3 rings (SSSR count). The Morgan fingerprint density at radius 3 is 2.69 bits per heavy atom. The van der Waals surface area contributed by atoms with E-state index < -0.39 is 6.03 Å². The van der Waals surface area contributed by atoms with Crippen LogP contribution in [0, 0.1) is 0 Å². The molecule has 1 aromatic heterocycles. The summed E-state index contributed by atoms with van der Waals surface area (Å²) in [5.41, 5.74) is 3.86. The van der Waals surface area contributed by atoms with Crippen LogP contribution >= 0.6 is 11.6 Å². The minimum Gasteiger partial charge on any atom is -0.495 e. The molecular formula is C19H16ClN3O3. The first-order valence-electron chi connectivity index (χ1n) is 7.74. The molecule has 2 aromatic carbocycles. The van der Waals surface area contributed by atoms with Crippen LogP contribution in [0.2, 0.25) is 5.02 Å². The number of ether oxygens (including phenoxy) is 1. The topological polar surface area (TPSA) is 75.9 Å². The Bertz CT molecular complexity index is 923. The maximum atomic E-state index is 11.7. The molecule has 3 aromatic rings. The van der Waals surface area contributed by atoms with Crippen molar-refractivity contribution >= 4 is 29.5 Å². The fraction of sp³-hybridized carbons (Fsp3) is 0.0526. The molecule has 0 spiro atoms. The van der Waals surface area contributed by atoms with E-state index in [1.165, 1.54) is 6.21 Å². The van der Waals surface area contributed by atoms with E-state index in [1.54, 1.807) is 43.5 Å². The summed E-state index contributed by atoms with van der Waals surface area (Å²) >= 11 is 6.12. The van der Waals surface area contributed by atoms with E-state index in [1.807, 2.05) is 24.3 Å². The van der Waals surface area contributed by atoms with E-state index in [9.17, 15) is 4.79 Å².